The Morgan fingerprint density at radius 1 is 1.00 bits per heavy atom. The monoisotopic (exact) mass is 418 g/mol. The van der Waals surface area contributed by atoms with Gasteiger partial charge in [-0.1, -0.05) is 54.1 Å². The van der Waals surface area contributed by atoms with Crippen LogP contribution >= 0.6 is 11.6 Å². The van der Waals surface area contributed by atoms with Gasteiger partial charge in [-0.25, -0.2) is 18.4 Å². The Labute approximate surface area is 174 Å². The molecule has 0 spiro atoms. The van der Waals surface area contributed by atoms with E-state index in [2.05, 4.69) is 15.5 Å². The van der Waals surface area contributed by atoms with Crippen LogP contribution in [0.1, 0.15) is 0 Å². The minimum atomic E-state index is -0.413. The van der Waals surface area contributed by atoms with Crippen LogP contribution in [0.4, 0.5) is 5.69 Å². The number of nitrogens with one attached hydrogen (secondary N) is 1. The van der Waals surface area contributed by atoms with Gasteiger partial charge >= 0.3 is 5.69 Å². The molecule has 0 aliphatic carbocycles. The number of para-hydroxylation sites is 1. The number of halogens is 1. The molecule has 9 heteroatoms. The number of anilines is 1. The number of benzene rings is 2. The molecule has 0 saturated heterocycles. The first-order valence-electron chi connectivity index (χ1n) is 9.17. The van der Waals surface area contributed by atoms with Crippen LogP contribution in [0.3, 0.4) is 0 Å². The summed E-state index contributed by atoms with van der Waals surface area (Å²) >= 11 is 6.07. The van der Waals surface area contributed by atoms with E-state index in [1.165, 1.54) is 4.40 Å². The number of aromatic nitrogens is 5. The van der Waals surface area contributed by atoms with Crippen molar-refractivity contribution in [3.8, 4) is 11.3 Å². The summed E-state index contributed by atoms with van der Waals surface area (Å²) in [4.78, 5) is 25.2. The molecule has 3 heterocycles. The number of amides is 1. The Balaban J connectivity index is 1.51. The third kappa shape index (κ3) is 3.13. The Kier molecular flexibility index (Phi) is 4.33. The molecular formula is C21H15ClN6O2. The zero-order chi connectivity index (χ0) is 20.7. The van der Waals surface area contributed by atoms with Gasteiger partial charge in [0, 0.05) is 18.0 Å². The summed E-state index contributed by atoms with van der Waals surface area (Å²) in [6, 6.07) is 18.5. The Bertz CT molecular complexity index is 1450. The Morgan fingerprint density at radius 2 is 1.77 bits per heavy atom. The van der Waals surface area contributed by atoms with E-state index in [-0.39, 0.29) is 6.54 Å². The molecular weight excluding hydrogens is 404 g/mol. The largest absolute Gasteiger partial charge is 0.350 e. The molecule has 0 bridgehead atoms. The van der Waals surface area contributed by atoms with E-state index in [0.29, 0.717) is 21.9 Å². The maximum atomic E-state index is 12.7. The Hall–Kier alpha value is -3.91. The van der Waals surface area contributed by atoms with Gasteiger partial charge < -0.3 is 5.32 Å². The summed E-state index contributed by atoms with van der Waals surface area (Å²) in [5.74, 6) is -0.400. The molecule has 148 valence electrons. The highest BCUT2D eigenvalue weighted by atomic mass is 35.5. The minimum absolute atomic E-state index is 0.239. The quantitative estimate of drug-likeness (QED) is 0.486. The van der Waals surface area contributed by atoms with Crippen molar-refractivity contribution in [1.29, 1.82) is 0 Å². The third-order valence-corrected chi connectivity index (χ3v) is 5.03. The van der Waals surface area contributed by atoms with E-state index in [0.717, 1.165) is 15.9 Å². The molecule has 3 aromatic heterocycles. The normalized spacial score (nSPS) is 11.2. The first-order valence-corrected chi connectivity index (χ1v) is 9.55. The molecule has 8 nitrogen and oxygen atoms in total. The zero-order valence-corrected chi connectivity index (χ0v) is 16.3. The van der Waals surface area contributed by atoms with Crippen molar-refractivity contribution in [3.05, 3.63) is 88.6 Å². The van der Waals surface area contributed by atoms with Crippen molar-refractivity contribution in [2.75, 3.05) is 5.32 Å². The number of carbonyl (C=O) groups excluding carboxylic acids is 1. The third-order valence-electron chi connectivity index (χ3n) is 4.70. The van der Waals surface area contributed by atoms with E-state index in [4.69, 9.17) is 11.6 Å². The van der Waals surface area contributed by atoms with Gasteiger partial charge in [0.25, 0.3) is 0 Å². The van der Waals surface area contributed by atoms with Crippen molar-refractivity contribution < 1.29 is 4.79 Å². The summed E-state index contributed by atoms with van der Waals surface area (Å²) in [6.07, 6.45) is 3.27. The summed E-state index contributed by atoms with van der Waals surface area (Å²) in [5.41, 5.74) is 2.87. The summed E-state index contributed by atoms with van der Waals surface area (Å²) < 4.78 is 4.18. The second-order valence-corrected chi connectivity index (χ2v) is 7.09. The number of rotatable bonds is 4. The fourth-order valence-electron chi connectivity index (χ4n) is 3.28. The molecule has 2 aromatic carbocycles. The number of carbonyl (C=O) groups is 1. The fraction of sp³-hybridized carbons (Fsp3) is 0.0476. The molecule has 0 unspecified atom stereocenters. The summed E-state index contributed by atoms with van der Waals surface area (Å²) in [7, 11) is 0. The lowest BCUT2D eigenvalue weighted by Gasteiger charge is -2.06. The molecule has 5 rings (SSSR count). The zero-order valence-electron chi connectivity index (χ0n) is 15.6. The first kappa shape index (κ1) is 18.1. The van der Waals surface area contributed by atoms with Gasteiger partial charge in [-0.2, -0.15) is 5.10 Å². The molecule has 1 amide bonds. The van der Waals surface area contributed by atoms with Crippen LogP contribution in [0, 0.1) is 0 Å². The molecule has 0 radical (unpaired) electrons. The average molecular weight is 419 g/mol. The predicted molar refractivity (Wildman–Crippen MR) is 114 cm³/mol. The van der Waals surface area contributed by atoms with E-state index in [1.54, 1.807) is 41.2 Å². The van der Waals surface area contributed by atoms with Crippen LogP contribution in [0.2, 0.25) is 5.02 Å². The van der Waals surface area contributed by atoms with Gasteiger partial charge in [0.1, 0.15) is 12.1 Å². The highest BCUT2D eigenvalue weighted by molar-refractivity contribution is 6.33. The molecule has 0 saturated carbocycles. The van der Waals surface area contributed by atoms with Crippen LogP contribution in [-0.2, 0) is 11.3 Å². The van der Waals surface area contributed by atoms with E-state index >= 15 is 0 Å². The lowest BCUT2D eigenvalue weighted by Crippen LogP contribution is -2.28. The maximum absolute atomic E-state index is 12.7. The van der Waals surface area contributed by atoms with Gasteiger partial charge in [0.15, 0.2) is 5.65 Å². The smallest absolute Gasteiger partial charge is 0.323 e. The van der Waals surface area contributed by atoms with Gasteiger partial charge in [-0.3, -0.25) is 4.79 Å². The standard InChI is InChI=1S/C21H15ClN6O2/c22-15-8-4-5-9-16(15)23-19(29)13-28-21(30)26-10-11-27-18(20(26)25-28)12-17(24-27)14-6-2-1-3-7-14/h1-12H,13H2,(H,23,29). The van der Waals surface area contributed by atoms with Gasteiger partial charge in [-0.15, -0.1) is 5.10 Å². The summed E-state index contributed by atoms with van der Waals surface area (Å²) in [6.45, 7) is -0.239. The average Bonchev–Trinajstić information content (AvgIpc) is 3.32. The highest BCUT2D eigenvalue weighted by Crippen LogP contribution is 2.21. The number of hydrogen-bond donors (Lipinski definition) is 1. The minimum Gasteiger partial charge on any atom is -0.323 e. The summed E-state index contributed by atoms with van der Waals surface area (Å²) in [5, 5.41) is 12.0. The lowest BCUT2D eigenvalue weighted by molar-refractivity contribution is -0.117. The SMILES string of the molecule is O=C(Cn1nc2c3cc(-c4ccccc4)nn3ccn2c1=O)Nc1ccccc1Cl. The van der Waals surface area contributed by atoms with Crippen molar-refractivity contribution in [1.82, 2.24) is 23.8 Å². The van der Waals surface area contributed by atoms with E-state index < -0.39 is 11.6 Å². The number of fused-ring (bicyclic) bond motifs is 3. The second kappa shape index (κ2) is 7.16. The van der Waals surface area contributed by atoms with Gasteiger partial charge in [0.2, 0.25) is 5.91 Å². The maximum Gasteiger partial charge on any atom is 0.350 e. The Morgan fingerprint density at radius 3 is 2.57 bits per heavy atom. The number of nitrogens with zero attached hydrogens (tertiary/aromatic N) is 5. The predicted octanol–water partition coefficient (Wildman–Crippen LogP) is 3.10. The van der Waals surface area contributed by atoms with E-state index in [9.17, 15) is 9.59 Å². The molecule has 5 aromatic rings. The molecule has 1 N–H and O–H groups in total. The van der Waals surface area contributed by atoms with Gasteiger partial charge in [0.05, 0.1) is 16.4 Å². The van der Waals surface area contributed by atoms with E-state index in [1.807, 2.05) is 36.4 Å². The van der Waals surface area contributed by atoms with Gasteiger partial charge in [-0.05, 0) is 18.2 Å². The fourth-order valence-corrected chi connectivity index (χ4v) is 3.46. The first-order chi connectivity index (χ1) is 14.6. The van der Waals surface area contributed by atoms with Crippen molar-refractivity contribution in [3.63, 3.8) is 0 Å². The van der Waals surface area contributed by atoms with Crippen LogP contribution in [0.25, 0.3) is 22.4 Å². The molecule has 0 aliphatic rings. The van der Waals surface area contributed by atoms with Crippen LogP contribution in [0.15, 0.2) is 77.9 Å². The van der Waals surface area contributed by atoms with Crippen molar-refractivity contribution in [2.45, 2.75) is 6.54 Å². The topological polar surface area (TPSA) is 85.7 Å². The molecule has 30 heavy (non-hydrogen) atoms. The van der Waals surface area contributed by atoms with Crippen LogP contribution in [0.5, 0.6) is 0 Å². The van der Waals surface area contributed by atoms with Crippen LogP contribution in [-0.4, -0.2) is 29.7 Å². The molecule has 0 fully saturated rings. The van der Waals surface area contributed by atoms with Crippen LogP contribution < -0.4 is 11.0 Å². The molecule has 0 atom stereocenters. The van der Waals surface area contributed by atoms with Crippen molar-refractivity contribution in [2.24, 2.45) is 0 Å². The highest BCUT2D eigenvalue weighted by Gasteiger charge is 2.15. The lowest BCUT2D eigenvalue weighted by atomic mass is 10.1. The second-order valence-electron chi connectivity index (χ2n) is 6.69. The molecule has 0 aliphatic heterocycles. The number of hydrogen-bond acceptors (Lipinski definition) is 4. The van der Waals surface area contributed by atoms with Crippen molar-refractivity contribution >= 4 is 34.4 Å².